The molecule has 3 atom stereocenters. The van der Waals surface area contributed by atoms with Crippen molar-refractivity contribution in [2.24, 2.45) is 5.92 Å². The minimum Gasteiger partial charge on any atom is -0.456 e. The predicted octanol–water partition coefficient (Wildman–Crippen LogP) is 3.51. The summed E-state index contributed by atoms with van der Waals surface area (Å²) >= 11 is 0. The second kappa shape index (κ2) is 7.87. The van der Waals surface area contributed by atoms with E-state index in [4.69, 9.17) is 9.47 Å². The van der Waals surface area contributed by atoms with Crippen LogP contribution >= 0.6 is 0 Å². The number of esters is 1. The number of hydrogen-bond donors (Lipinski definition) is 0. The first-order chi connectivity index (χ1) is 11.0. The van der Waals surface area contributed by atoms with Gasteiger partial charge in [-0.1, -0.05) is 13.0 Å². The molecule has 1 aliphatic heterocycles. The van der Waals surface area contributed by atoms with Crippen molar-refractivity contribution in [3.63, 3.8) is 0 Å². The summed E-state index contributed by atoms with van der Waals surface area (Å²) in [6.45, 7) is 6.33. The largest absolute Gasteiger partial charge is 0.456 e. The van der Waals surface area contributed by atoms with Crippen molar-refractivity contribution >= 4 is 11.7 Å². The molecule has 124 valence electrons. The first-order valence-electron chi connectivity index (χ1n) is 7.73. The fraction of sp³-hybridized carbons (Fsp3) is 0.471. The number of rotatable bonds is 7. The molecule has 6 nitrogen and oxygen atoms in total. The fourth-order valence-electron chi connectivity index (χ4n) is 2.73. The Morgan fingerprint density at radius 2 is 2.22 bits per heavy atom. The second-order valence-electron chi connectivity index (χ2n) is 5.65. The molecular weight excluding hydrogens is 298 g/mol. The van der Waals surface area contributed by atoms with E-state index in [9.17, 15) is 14.9 Å². The number of nitrogens with zero attached hydrogens (tertiary/aromatic N) is 1. The van der Waals surface area contributed by atoms with E-state index < -0.39 is 10.9 Å². The number of allylic oxidation sites excluding steroid dienone is 1. The molecule has 0 N–H and O–H groups in total. The van der Waals surface area contributed by atoms with Crippen molar-refractivity contribution in [3.05, 3.63) is 52.6 Å². The predicted molar refractivity (Wildman–Crippen MR) is 85.3 cm³/mol. The summed E-state index contributed by atoms with van der Waals surface area (Å²) in [5.74, 6) is -0.0628. The number of benzene rings is 1. The smallest absolute Gasteiger partial charge is 0.338 e. The van der Waals surface area contributed by atoms with E-state index in [0.29, 0.717) is 24.5 Å². The Labute approximate surface area is 135 Å². The standard InChI is InChI=1S/C17H21NO5/c1-3-5-12-10-16(22-11-12)15(4-2)23-17(19)13-6-8-14(9-7-13)18(20)21/h3,6-9,12,15-16H,1,4-5,10-11H2,2H3/t12-,15-,16+/m0/s1. The molecule has 0 radical (unpaired) electrons. The van der Waals surface area contributed by atoms with Crippen LogP contribution in [0.5, 0.6) is 0 Å². The van der Waals surface area contributed by atoms with E-state index >= 15 is 0 Å². The lowest BCUT2D eigenvalue weighted by atomic mass is 9.98. The van der Waals surface area contributed by atoms with Crippen LogP contribution in [-0.4, -0.2) is 29.7 Å². The zero-order chi connectivity index (χ0) is 16.8. The molecule has 6 heteroatoms. The van der Waals surface area contributed by atoms with E-state index in [1.165, 1.54) is 24.3 Å². The maximum atomic E-state index is 12.2. The molecule has 0 unspecified atom stereocenters. The van der Waals surface area contributed by atoms with Gasteiger partial charge in [0.05, 0.1) is 23.2 Å². The van der Waals surface area contributed by atoms with Gasteiger partial charge in [-0.25, -0.2) is 4.79 Å². The monoisotopic (exact) mass is 319 g/mol. The van der Waals surface area contributed by atoms with Gasteiger partial charge in [0.1, 0.15) is 6.10 Å². The highest BCUT2D eigenvalue weighted by Crippen LogP contribution is 2.28. The van der Waals surface area contributed by atoms with Gasteiger partial charge in [0.25, 0.3) is 5.69 Å². The Morgan fingerprint density at radius 1 is 1.52 bits per heavy atom. The van der Waals surface area contributed by atoms with Crippen molar-refractivity contribution in [1.29, 1.82) is 0 Å². The third-order valence-corrected chi connectivity index (χ3v) is 4.00. The summed E-state index contributed by atoms with van der Waals surface area (Å²) in [4.78, 5) is 22.3. The first kappa shape index (κ1) is 17.1. The topological polar surface area (TPSA) is 78.7 Å². The lowest BCUT2D eigenvalue weighted by molar-refractivity contribution is -0.384. The molecule has 1 saturated heterocycles. The minimum atomic E-state index is -0.504. The molecule has 23 heavy (non-hydrogen) atoms. The number of ether oxygens (including phenoxy) is 2. The van der Waals surface area contributed by atoms with Crippen LogP contribution in [0.2, 0.25) is 0 Å². The molecular formula is C17H21NO5. The van der Waals surface area contributed by atoms with Crippen LogP contribution in [0.25, 0.3) is 0 Å². The number of non-ortho nitro benzene ring substituents is 1. The van der Waals surface area contributed by atoms with E-state index in [-0.39, 0.29) is 17.9 Å². The van der Waals surface area contributed by atoms with Gasteiger partial charge >= 0.3 is 5.97 Å². The van der Waals surface area contributed by atoms with Gasteiger partial charge in [0.15, 0.2) is 0 Å². The van der Waals surface area contributed by atoms with Crippen molar-refractivity contribution < 1.29 is 19.2 Å². The molecule has 1 aromatic carbocycles. The summed E-state index contributed by atoms with van der Waals surface area (Å²) in [5, 5.41) is 10.6. The molecule has 0 aromatic heterocycles. The van der Waals surface area contributed by atoms with Crippen LogP contribution in [0.1, 0.15) is 36.5 Å². The molecule has 0 bridgehead atoms. The third-order valence-electron chi connectivity index (χ3n) is 4.00. The van der Waals surface area contributed by atoms with Gasteiger partial charge < -0.3 is 9.47 Å². The van der Waals surface area contributed by atoms with Gasteiger partial charge in [0.2, 0.25) is 0 Å². The highest BCUT2D eigenvalue weighted by molar-refractivity contribution is 5.89. The summed E-state index contributed by atoms with van der Waals surface area (Å²) in [5.41, 5.74) is 0.245. The SMILES string of the molecule is C=CC[C@@H]1CO[C@@H]([C@H](CC)OC(=O)c2ccc([N+](=O)[O-])cc2)C1. The quantitative estimate of drug-likeness (QED) is 0.332. The third kappa shape index (κ3) is 4.39. The van der Waals surface area contributed by atoms with Crippen LogP contribution in [0, 0.1) is 16.0 Å². The zero-order valence-corrected chi connectivity index (χ0v) is 13.1. The molecule has 0 aliphatic carbocycles. The molecule has 0 saturated carbocycles. The maximum Gasteiger partial charge on any atom is 0.338 e. The van der Waals surface area contributed by atoms with Crippen molar-refractivity contribution in [1.82, 2.24) is 0 Å². The van der Waals surface area contributed by atoms with E-state index in [2.05, 4.69) is 6.58 Å². The Bertz CT molecular complexity index is 569. The van der Waals surface area contributed by atoms with Gasteiger partial charge in [0, 0.05) is 12.1 Å². The van der Waals surface area contributed by atoms with Gasteiger partial charge in [-0.15, -0.1) is 6.58 Å². The van der Waals surface area contributed by atoms with E-state index in [1.54, 1.807) is 0 Å². The first-order valence-corrected chi connectivity index (χ1v) is 7.73. The molecule has 1 aliphatic rings. The Kier molecular flexibility index (Phi) is 5.87. The number of carbonyl (C=O) groups excluding carboxylic acids is 1. The Hall–Kier alpha value is -2.21. The lowest BCUT2D eigenvalue weighted by Gasteiger charge is -2.22. The van der Waals surface area contributed by atoms with Crippen molar-refractivity contribution in [2.45, 2.75) is 38.4 Å². The van der Waals surface area contributed by atoms with Gasteiger partial charge in [-0.05, 0) is 37.3 Å². The maximum absolute atomic E-state index is 12.2. The van der Waals surface area contributed by atoms with Crippen LogP contribution in [0.3, 0.4) is 0 Å². The number of hydrogen-bond acceptors (Lipinski definition) is 5. The van der Waals surface area contributed by atoms with Crippen LogP contribution in [-0.2, 0) is 9.47 Å². The number of nitro groups is 1. The average molecular weight is 319 g/mol. The molecule has 1 fully saturated rings. The van der Waals surface area contributed by atoms with Crippen molar-refractivity contribution in [2.75, 3.05) is 6.61 Å². The summed E-state index contributed by atoms with van der Waals surface area (Å²) in [6.07, 6.45) is 3.85. The van der Waals surface area contributed by atoms with Crippen LogP contribution in [0.15, 0.2) is 36.9 Å². The summed E-state index contributed by atoms with van der Waals surface area (Å²) < 4.78 is 11.3. The Balaban J connectivity index is 1.97. The highest BCUT2D eigenvalue weighted by Gasteiger charge is 2.32. The Morgan fingerprint density at radius 3 is 2.78 bits per heavy atom. The van der Waals surface area contributed by atoms with Crippen LogP contribution in [0.4, 0.5) is 5.69 Å². The van der Waals surface area contributed by atoms with Crippen LogP contribution < -0.4 is 0 Å². The molecule has 0 spiro atoms. The lowest BCUT2D eigenvalue weighted by Crippen LogP contribution is -2.30. The molecule has 1 heterocycles. The number of carbonyl (C=O) groups is 1. The van der Waals surface area contributed by atoms with Gasteiger partial charge in [-0.3, -0.25) is 10.1 Å². The normalized spacial score (nSPS) is 21.6. The average Bonchev–Trinajstić information content (AvgIpc) is 3.01. The fourth-order valence-corrected chi connectivity index (χ4v) is 2.73. The minimum absolute atomic E-state index is 0.0556. The summed E-state index contributed by atoms with van der Waals surface area (Å²) in [6, 6.07) is 5.40. The van der Waals surface area contributed by atoms with Crippen molar-refractivity contribution in [3.8, 4) is 0 Å². The molecule has 1 aromatic rings. The summed E-state index contributed by atoms with van der Waals surface area (Å²) in [7, 11) is 0. The van der Waals surface area contributed by atoms with Gasteiger partial charge in [-0.2, -0.15) is 0 Å². The molecule has 0 amide bonds. The van der Waals surface area contributed by atoms with E-state index in [0.717, 1.165) is 12.8 Å². The molecule has 2 rings (SSSR count). The zero-order valence-electron chi connectivity index (χ0n) is 13.1. The highest BCUT2D eigenvalue weighted by atomic mass is 16.6. The second-order valence-corrected chi connectivity index (χ2v) is 5.65. The number of nitro benzene ring substituents is 1. The van der Waals surface area contributed by atoms with E-state index in [1.807, 2.05) is 13.0 Å².